The van der Waals surface area contributed by atoms with Gasteiger partial charge in [-0.2, -0.15) is 0 Å². The van der Waals surface area contributed by atoms with Gasteiger partial charge in [-0.15, -0.1) is 0 Å². The molecule has 1 rings (SSSR count). The predicted molar refractivity (Wildman–Crippen MR) is 82.4 cm³/mol. The summed E-state index contributed by atoms with van der Waals surface area (Å²) in [6.45, 7) is 7.93. The molecule has 1 amide bonds. The Labute approximate surface area is 123 Å². The summed E-state index contributed by atoms with van der Waals surface area (Å²) in [7, 11) is 0. The normalized spacial score (nSPS) is 24.6. The molecule has 0 saturated carbocycles. The summed E-state index contributed by atoms with van der Waals surface area (Å²) in [6, 6.07) is 0. The van der Waals surface area contributed by atoms with Crippen molar-refractivity contribution in [1.29, 1.82) is 0 Å². The third-order valence-corrected chi connectivity index (χ3v) is 4.65. The highest BCUT2D eigenvalue weighted by Crippen LogP contribution is 2.33. The molecular formula is C16H32N2O2. The van der Waals surface area contributed by atoms with Gasteiger partial charge in [-0.3, -0.25) is 4.79 Å². The van der Waals surface area contributed by atoms with Crippen LogP contribution in [0.1, 0.15) is 65.7 Å². The average Bonchev–Trinajstić information content (AvgIpc) is 2.58. The predicted octanol–water partition coefficient (Wildman–Crippen LogP) is 2.30. The van der Waals surface area contributed by atoms with Gasteiger partial charge in [-0.25, -0.2) is 0 Å². The Kier molecular flexibility index (Phi) is 6.46. The third kappa shape index (κ3) is 4.19. The number of nitrogens with zero attached hydrogens (tertiary/aromatic N) is 1. The monoisotopic (exact) mass is 284 g/mol. The van der Waals surface area contributed by atoms with E-state index in [1.54, 1.807) is 0 Å². The van der Waals surface area contributed by atoms with E-state index in [-0.39, 0.29) is 11.3 Å². The van der Waals surface area contributed by atoms with Crippen molar-refractivity contribution in [2.45, 2.75) is 71.3 Å². The second kappa shape index (κ2) is 7.41. The van der Waals surface area contributed by atoms with Crippen molar-refractivity contribution in [2.75, 3.05) is 19.6 Å². The van der Waals surface area contributed by atoms with Gasteiger partial charge in [0.1, 0.15) is 0 Å². The molecule has 0 spiro atoms. The number of amides is 1. The van der Waals surface area contributed by atoms with Crippen LogP contribution in [0.5, 0.6) is 0 Å². The van der Waals surface area contributed by atoms with Crippen LogP contribution in [0.2, 0.25) is 0 Å². The summed E-state index contributed by atoms with van der Waals surface area (Å²) < 4.78 is 0. The van der Waals surface area contributed by atoms with Crippen LogP contribution in [0.3, 0.4) is 0 Å². The fourth-order valence-electron chi connectivity index (χ4n) is 3.39. The fraction of sp³-hybridized carbons (Fsp3) is 0.938. The zero-order valence-corrected chi connectivity index (χ0v) is 13.5. The first-order valence-electron chi connectivity index (χ1n) is 8.12. The van der Waals surface area contributed by atoms with Gasteiger partial charge in [0.05, 0.1) is 11.0 Å². The van der Waals surface area contributed by atoms with E-state index in [4.69, 9.17) is 5.73 Å². The SMILES string of the molecule is CCCC(CN)(CCC)C(=O)N1CCCC(C)(O)CC1. The van der Waals surface area contributed by atoms with Crippen LogP contribution in [0.25, 0.3) is 0 Å². The van der Waals surface area contributed by atoms with Gasteiger partial charge in [0, 0.05) is 19.6 Å². The summed E-state index contributed by atoms with van der Waals surface area (Å²) in [5.41, 5.74) is 4.96. The van der Waals surface area contributed by atoms with Gasteiger partial charge < -0.3 is 15.7 Å². The Morgan fingerprint density at radius 3 is 2.35 bits per heavy atom. The summed E-state index contributed by atoms with van der Waals surface area (Å²) in [5, 5.41) is 10.2. The van der Waals surface area contributed by atoms with Crippen molar-refractivity contribution in [3.05, 3.63) is 0 Å². The van der Waals surface area contributed by atoms with Gasteiger partial charge in [0.2, 0.25) is 5.91 Å². The lowest BCUT2D eigenvalue weighted by molar-refractivity contribution is -0.142. The summed E-state index contributed by atoms with van der Waals surface area (Å²) in [6.07, 6.45) is 6.00. The lowest BCUT2D eigenvalue weighted by atomic mass is 9.78. The lowest BCUT2D eigenvalue weighted by Crippen LogP contribution is -2.48. The van der Waals surface area contributed by atoms with Crippen LogP contribution >= 0.6 is 0 Å². The zero-order chi connectivity index (χ0) is 15.2. The standard InChI is InChI=1S/C16H32N2O2/c1-4-7-16(13-17,8-5-2)14(19)18-11-6-9-15(3,20)10-12-18/h20H,4-13,17H2,1-3H3. The largest absolute Gasteiger partial charge is 0.390 e. The molecule has 0 aromatic rings. The highest BCUT2D eigenvalue weighted by molar-refractivity contribution is 5.83. The Morgan fingerprint density at radius 2 is 1.85 bits per heavy atom. The number of rotatable bonds is 6. The van der Waals surface area contributed by atoms with E-state index in [1.165, 1.54) is 0 Å². The summed E-state index contributed by atoms with van der Waals surface area (Å²) in [4.78, 5) is 14.9. The smallest absolute Gasteiger partial charge is 0.230 e. The molecule has 0 radical (unpaired) electrons. The number of carbonyl (C=O) groups excluding carboxylic acids is 1. The van der Waals surface area contributed by atoms with E-state index in [1.807, 2.05) is 11.8 Å². The molecule has 0 aromatic heterocycles. The molecule has 1 fully saturated rings. The maximum absolute atomic E-state index is 13.0. The van der Waals surface area contributed by atoms with Crippen LogP contribution in [0, 0.1) is 5.41 Å². The highest BCUT2D eigenvalue weighted by Gasteiger charge is 2.39. The zero-order valence-electron chi connectivity index (χ0n) is 13.5. The molecule has 1 heterocycles. The Balaban J connectivity index is 2.83. The molecule has 4 heteroatoms. The van der Waals surface area contributed by atoms with Crippen LogP contribution in [-0.4, -0.2) is 41.1 Å². The van der Waals surface area contributed by atoms with Gasteiger partial charge in [-0.1, -0.05) is 26.7 Å². The van der Waals surface area contributed by atoms with E-state index < -0.39 is 5.60 Å². The van der Waals surface area contributed by atoms with Crippen LogP contribution in [0.15, 0.2) is 0 Å². The molecule has 1 saturated heterocycles. The molecule has 4 nitrogen and oxygen atoms in total. The number of hydrogen-bond acceptors (Lipinski definition) is 3. The topological polar surface area (TPSA) is 66.6 Å². The van der Waals surface area contributed by atoms with Gasteiger partial charge in [-0.05, 0) is 39.0 Å². The highest BCUT2D eigenvalue weighted by atomic mass is 16.3. The van der Waals surface area contributed by atoms with Crippen LogP contribution < -0.4 is 5.73 Å². The second-order valence-electron chi connectivity index (χ2n) is 6.63. The summed E-state index contributed by atoms with van der Waals surface area (Å²) >= 11 is 0. The maximum atomic E-state index is 13.0. The lowest BCUT2D eigenvalue weighted by Gasteiger charge is -2.36. The summed E-state index contributed by atoms with van der Waals surface area (Å²) in [5.74, 6) is 0.210. The quantitative estimate of drug-likeness (QED) is 0.786. The Bertz CT molecular complexity index is 310. The van der Waals surface area contributed by atoms with Crippen molar-refractivity contribution < 1.29 is 9.90 Å². The van der Waals surface area contributed by atoms with Gasteiger partial charge in [0.15, 0.2) is 0 Å². The maximum Gasteiger partial charge on any atom is 0.230 e. The number of hydrogen-bond donors (Lipinski definition) is 2. The second-order valence-corrected chi connectivity index (χ2v) is 6.63. The molecule has 0 aliphatic carbocycles. The molecule has 1 aliphatic heterocycles. The molecule has 1 unspecified atom stereocenters. The minimum atomic E-state index is -0.629. The van der Waals surface area contributed by atoms with E-state index in [0.717, 1.165) is 45.1 Å². The van der Waals surface area contributed by atoms with Crippen molar-refractivity contribution in [2.24, 2.45) is 11.1 Å². The van der Waals surface area contributed by atoms with Gasteiger partial charge in [0.25, 0.3) is 0 Å². The Hall–Kier alpha value is -0.610. The number of nitrogens with two attached hydrogens (primary N) is 1. The van der Waals surface area contributed by atoms with Crippen LogP contribution in [0.4, 0.5) is 0 Å². The van der Waals surface area contributed by atoms with E-state index in [9.17, 15) is 9.90 Å². The minimum Gasteiger partial charge on any atom is -0.390 e. The molecule has 20 heavy (non-hydrogen) atoms. The minimum absolute atomic E-state index is 0.210. The third-order valence-electron chi connectivity index (χ3n) is 4.65. The van der Waals surface area contributed by atoms with Crippen molar-refractivity contribution in [3.8, 4) is 0 Å². The fourth-order valence-corrected chi connectivity index (χ4v) is 3.39. The van der Waals surface area contributed by atoms with Crippen molar-refractivity contribution in [3.63, 3.8) is 0 Å². The van der Waals surface area contributed by atoms with E-state index in [2.05, 4.69) is 13.8 Å². The molecule has 0 aromatic carbocycles. The molecular weight excluding hydrogens is 252 g/mol. The van der Waals surface area contributed by atoms with E-state index in [0.29, 0.717) is 19.5 Å². The first-order chi connectivity index (χ1) is 9.40. The Morgan fingerprint density at radius 1 is 1.25 bits per heavy atom. The number of aliphatic hydroxyl groups is 1. The van der Waals surface area contributed by atoms with E-state index >= 15 is 0 Å². The first kappa shape index (κ1) is 17.4. The molecule has 118 valence electrons. The van der Waals surface area contributed by atoms with Crippen molar-refractivity contribution in [1.82, 2.24) is 4.90 Å². The van der Waals surface area contributed by atoms with Gasteiger partial charge >= 0.3 is 0 Å². The first-order valence-corrected chi connectivity index (χ1v) is 8.12. The molecule has 0 bridgehead atoms. The average molecular weight is 284 g/mol. The number of likely N-dealkylation sites (tertiary alicyclic amines) is 1. The molecule has 1 atom stereocenters. The molecule has 1 aliphatic rings. The van der Waals surface area contributed by atoms with Crippen LogP contribution in [-0.2, 0) is 4.79 Å². The number of carbonyl (C=O) groups is 1. The molecule has 3 N–H and O–H groups in total. The van der Waals surface area contributed by atoms with Crippen molar-refractivity contribution >= 4 is 5.91 Å².